The zero-order valence-electron chi connectivity index (χ0n) is 13.2. The highest BCUT2D eigenvalue weighted by Gasteiger charge is 2.25. The minimum Gasteiger partial charge on any atom is -0.356 e. The van der Waals surface area contributed by atoms with Crippen molar-refractivity contribution in [3.05, 3.63) is 30.1 Å². The maximum atomic E-state index is 12.9. The third-order valence-corrected chi connectivity index (χ3v) is 6.34. The van der Waals surface area contributed by atoms with E-state index in [1.165, 1.54) is 19.1 Å². The predicted octanol–water partition coefficient (Wildman–Crippen LogP) is 1.49. The average Bonchev–Trinajstić information content (AvgIpc) is 3.01. The summed E-state index contributed by atoms with van der Waals surface area (Å²) in [6.07, 6.45) is 1.92. The van der Waals surface area contributed by atoms with Gasteiger partial charge in [-0.3, -0.25) is 4.79 Å². The van der Waals surface area contributed by atoms with Crippen molar-refractivity contribution in [2.75, 3.05) is 19.6 Å². The van der Waals surface area contributed by atoms with Crippen molar-refractivity contribution in [3.8, 4) is 0 Å². The first-order chi connectivity index (χ1) is 10.9. The normalized spacial score (nSPS) is 19.5. The number of nitrogens with one attached hydrogen (secondary N) is 2. The Kier molecular flexibility index (Phi) is 6.12. The molecule has 128 valence electrons. The van der Waals surface area contributed by atoms with Crippen LogP contribution in [-0.2, 0) is 14.6 Å². The molecule has 1 aliphatic heterocycles. The molecule has 1 aromatic rings. The summed E-state index contributed by atoms with van der Waals surface area (Å²) in [5.74, 6) is -0.180. The lowest BCUT2D eigenvalue weighted by molar-refractivity contribution is -0.121. The Hall–Kier alpha value is -1.47. The van der Waals surface area contributed by atoms with Crippen LogP contribution in [0.1, 0.15) is 26.2 Å². The van der Waals surface area contributed by atoms with E-state index < -0.39 is 20.9 Å². The lowest BCUT2D eigenvalue weighted by Gasteiger charge is -2.14. The Morgan fingerprint density at radius 1 is 1.39 bits per heavy atom. The van der Waals surface area contributed by atoms with Crippen molar-refractivity contribution < 1.29 is 17.6 Å². The van der Waals surface area contributed by atoms with E-state index in [0.717, 1.165) is 38.1 Å². The van der Waals surface area contributed by atoms with Gasteiger partial charge < -0.3 is 10.6 Å². The Morgan fingerprint density at radius 3 is 2.70 bits per heavy atom. The molecule has 2 atom stereocenters. The fourth-order valence-electron chi connectivity index (χ4n) is 2.68. The van der Waals surface area contributed by atoms with Crippen molar-refractivity contribution in [3.63, 3.8) is 0 Å². The highest BCUT2D eigenvalue weighted by molar-refractivity contribution is 7.92. The molecule has 0 spiro atoms. The number of hydrogen-bond acceptors (Lipinski definition) is 4. The quantitative estimate of drug-likeness (QED) is 0.736. The molecule has 2 rings (SSSR count). The summed E-state index contributed by atoms with van der Waals surface area (Å²) in [5.41, 5.74) is 0. The molecular weight excluding hydrogens is 319 g/mol. The van der Waals surface area contributed by atoms with E-state index in [9.17, 15) is 17.6 Å². The van der Waals surface area contributed by atoms with Gasteiger partial charge in [0.15, 0.2) is 9.84 Å². The van der Waals surface area contributed by atoms with Gasteiger partial charge in [0.25, 0.3) is 0 Å². The third-order valence-electron chi connectivity index (χ3n) is 4.18. The molecule has 0 saturated carbocycles. The topological polar surface area (TPSA) is 75.3 Å². The molecule has 1 aromatic carbocycles. The molecule has 0 bridgehead atoms. The lowest BCUT2D eigenvalue weighted by Crippen LogP contribution is -2.31. The van der Waals surface area contributed by atoms with Crippen molar-refractivity contribution in [2.45, 2.75) is 36.3 Å². The predicted molar refractivity (Wildman–Crippen MR) is 86.3 cm³/mol. The van der Waals surface area contributed by atoms with Crippen LogP contribution >= 0.6 is 0 Å². The second kappa shape index (κ2) is 7.88. The smallest absolute Gasteiger partial charge is 0.221 e. The van der Waals surface area contributed by atoms with Gasteiger partial charge in [-0.15, -0.1) is 0 Å². The first kappa shape index (κ1) is 17.9. The summed E-state index contributed by atoms with van der Waals surface area (Å²) < 4.78 is 37.6. The first-order valence-electron chi connectivity index (χ1n) is 7.86. The molecule has 2 N–H and O–H groups in total. The number of benzene rings is 1. The summed E-state index contributed by atoms with van der Waals surface area (Å²) in [4.78, 5) is 11.9. The summed E-state index contributed by atoms with van der Waals surface area (Å²) in [5, 5.41) is 5.20. The van der Waals surface area contributed by atoms with Crippen molar-refractivity contribution in [1.29, 1.82) is 0 Å². The van der Waals surface area contributed by atoms with Crippen LogP contribution in [0.3, 0.4) is 0 Å². The van der Waals surface area contributed by atoms with Crippen LogP contribution < -0.4 is 10.6 Å². The molecule has 0 aromatic heterocycles. The number of carbonyl (C=O) groups excluding carboxylic acids is 1. The van der Waals surface area contributed by atoms with Crippen LogP contribution in [-0.4, -0.2) is 39.2 Å². The molecule has 1 fully saturated rings. The van der Waals surface area contributed by atoms with E-state index >= 15 is 0 Å². The molecule has 5 nitrogen and oxygen atoms in total. The molecule has 7 heteroatoms. The number of hydrogen-bond donors (Lipinski definition) is 2. The van der Waals surface area contributed by atoms with Gasteiger partial charge in [-0.2, -0.15) is 0 Å². The van der Waals surface area contributed by atoms with E-state index in [0.29, 0.717) is 12.5 Å². The maximum absolute atomic E-state index is 12.9. The summed E-state index contributed by atoms with van der Waals surface area (Å²) >= 11 is 0. The zero-order valence-corrected chi connectivity index (χ0v) is 14.0. The summed E-state index contributed by atoms with van der Waals surface area (Å²) in [6.45, 7) is 4.06. The summed E-state index contributed by atoms with van der Waals surface area (Å²) in [7, 11) is -3.63. The highest BCUT2D eigenvalue weighted by Crippen LogP contribution is 2.18. The molecule has 1 heterocycles. The van der Waals surface area contributed by atoms with Crippen LogP contribution in [0, 0.1) is 11.7 Å². The van der Waals surface area contributed by atoms with Gasteiger partial charge >= 0.3 is 0 Å². The fraction of sp³-hybridized carbons (Fsp3) is 0.562. The van der Waals surface area contributed by atoms with E-state index in [4.69, 9.17) is 0 Å². The third kappa shape index (κ3) is 5.00. The Labute approximate surface area is 136 Å². The standard InChI is InChI=1S/C16H23FN2O3S/c1-12(23(21,22)15-4-2-14(17)3-5-15)10-16(20)19-9-7-13-6-8-18-11-13/h2-5,12-13,18H,6-11H2,1H3,(H,19,20). The number of amides is 1. The molecular formula is C16H23FN2O3S. The molecule has 1 amide bonds. The van der Waals surface area contributed by atoms with Crippen LogP contribution in [0.2, 0.25) is 0 Å². The van der Waals surface area contributed by atoms with Crippen LogP contribution in [0.5, 0.6) is 0 Å². The largest absolute Gasteiger partial charge is 0.356 e. The molecule has 1 aliphatic rings. The molecule has 0 radical (unpaired) electrons. The van der Waals surface area contributed by atoms with Crippen LogP contribution in [0.25, 0.3) is 0 Å². The SMILES string of the molecule is CC(CC(=O)NCCC1CCNC1)S(=O)(=O)c1ccc(F)cc1. The van der Waals surface area contributed by atoms with E-state index in [2.05, 4.69) is 10.6 Å². The second-order valence-electron chi connectivity index (χ2n) is 6.01. The first-order valence-corrected chi connectivity index (χ1v) is 9.41. The number of carbonyl (C=O) groups is 1. The molecule has 2 unspecified atom stereocenters. The van der Waals surface area contributed by atoms with Gasteiger partial charge in [0.1, 0.15) is 5.82 Å². The minimum atomic E-state index is -3.63. The highest BCUT2D eigenvalue weighted by atomic mass is 32.2. The van der Waals surface area contributed by atoms with Crippen LogP contribution in [0.4, 0.5) is 4.39 Å². The maximum Gasteiger partial charge on any atom is 0.221 e. The zero-order chi connectivity index (χ0) is 16.9. The van der Waals surface area contributed by atoms with Crippen molar-refractivity contribution >= 4 is 15.7 Å². The van der Waals surface area contributed by atoms with Crippen molar-refractivity contribution in [2.24, 2.45) is 5.92 Å². The summed E-state index contributed by atoms with van der Waals surface area (Å²) in [6, 6.07) is 4.67. The van der Waals surface area contributed by atoms with E-state index in [1.54, 1.807) is 0 Å². The number of halogens is 1. The Bertz CT molecular complexity index is 625. The van der Waals surface area contributed by atoms with E-state index in [-0.39, 0.29) is 17.2 Å². The monoisotopic (exact) mass is 342 g/mol. The average molecular weight is 342 g/mol. The van der Waals surface area contributed by atoms with E-state index in [1.807, 2.05) is 0 Å². The van der Waals surface area contributed by atoms with Gasteiger partial charge in [0, 0.05) is 13.0 Å². The minimum absolute atomic E-state index is 0.0382. The van der Waals surface area contributed by atoms with Gasteiger partial charge in [-0.05, 0) is 63.0 Å². The van der Waals surface area contributed by atoms with Crippen LogP contribution in [0.15, 0.2) is 29.2 Å². The van der Waals surface area contributed by atoms with Gasteiger partial charge in [0.05, 0.1) is 10.1 Å². The number of sulfone groups is 1. The molecule has 23 heavy (non-hydrogen) atoms. The Balaban J connectivity index is 1.83. The molecule has 1 saturated heterocycles. The van der Waals surface area contributed by atoms with Crippen molar-refractivity contribution in [1.82, 2.24) is 10.6 Å². The fourth-order valence-corrected chi connectivity index (χ4v) is 4.03. The van der Waals surface area contributed by atoms with Gasteiger partial charge in [-0.25, -0.2) is 12.8 Å². The van der Waals surface area contributed by atoms with Gasteiger partial charge in [-0.1, -0.05) is 0 Å². The lowest BCUT2D eigenvalue weighted by atomic mass is 10.1. The van der Waals surface area contributed by atoms with Gasteiger partial charge in [0.2, 0.25) is 5.91 Å². The number of rotatable bonds is 7. The molecule has 0 aliphatic carbocycles. The second-order valence-corrected chi connectivity index (χ2v) is 8.38. The Morgan fingerprint density at radius 2 is 2.09 bits per heavy atom.